The van der Waals surface area contributed by atoms with Crippen LogP contribution in [-0.2, 0) is 20.1 Å². The molecule has 1 aromatic rings. The van der Waals surface area contributed by atoms with Gasteiger partial charge in [-0.05, 0) is 30.0 Å². The molecule has 31 heavy (non-hydrogen) atoms. The van der Waals surface area contributed by atoms with Crippen molar-refractivity contribution in [3.05, 3.63) is 34.6 Å². The van der Waals surface area contributed by atoms with E-state index in [1.54, 1.807) is 13.8 Å². The topological polar surface area (TPSA) is 91.6 Å². The van der Waals surface area contributed by atoms with Crippen LogP contribution in [0.2, 0.25) is 0 Å². The van der Waals surface area contributed by atoms with E-state index in [9.17, 15) is 56.3 Å². The van der Waals surface area contributed by atoms with Crippen LogP contribution >= 0.6 is 0 Å². The van der Waals surface area contributed by atoms with Gasteiger partial charge in [-0.3, -0.25) is 0 Å². The van der Waals surface area contributed by atoms with Gasteiger partial charge in [0.2, 0.25) is 0 Å². The van der Waals surface area contributed by atoms with Crippen LogP contribution in [0.3, 0.4) is 0 Å². The molecule has 180 valence electrons. The number of hydrogen-bond acceptors (Lipinski definition) is 5. The highest BCUT2D eigenvalue weighted by Crippen LogP contribution is 2.53. The van der Waals surface area contributed by atoms with Gasteiger partial charge < -0.3 is 8.91 Å². The molecule has 0 aromatic heterocycles. The van der Waals surface area contributed by atoms with E-state index in [4.69, 9.17) is 0 Å². The molecular formula is C14H13F9NO5S2-. The molecule has 0 spiro atoms. The number of rotatable bonds is 9. The van der Waals surface area contributed by atoms with Crippen molar-refractivity contribution in [2.24, 2.45) is 0 Å². The van der Waals surface area contributed by atoms with Gasteiger partial charge in [0.15, 0.2) is 10.0 Å². The van der Waals surface area contributed by atoms with Crippen LogP contribution in [0, 0.1) is 0 Å². The van der Waals surface area contributed by atoms with Crippen LogP contribution in [-0.4, -0.2) is 39.6 Å². The quantitative estimate of drug-likeness (QED) is 0.266. The molecule has 1 aromatic carbocycles. The summed E-state index contributed by atoms with van der Waals surface area (Å²) >= 11 is 0. The summed E-state index contributed by atoms with van der Waals surface area (Å²) < 4.78 is 167. The third kappa shape index (κ3) is 5.19. The Morgan fingerprint density at radius 2 is 1.32 bits per heavy atom. The summed E-state index contributed by atoms with van der Waals surface area (Å²) in [4.78, 5) is 0. The summed E-state index contributed by atoms with van der Waals surface area (Å²) in [7, 11) is -14.7. The van der Waals surface area contributed by atoms with Crippen LogP contribution < -0.4 is 4.18 Å². The lowest BCUT2D eigenvalue weighted by Gasteiger charge is -2.35. The SMILES string of the molecule is CCC(C)c1ccc(OS(=O)(=O)C(F)(F)C(F)(F)C(F)(F)S(=O)(=O)[N-]C(F)(F)F)cc1. The molecule has 0 saturated carbocycles. The third-order valence-electron chi connectivity index (χ3n) is 3.86. The van der Waals surface area contributed by atoms with E-state index >= 15 is 0 Å². The molecule has 6 nitrogen and oxygen atoms in total. The van der Waals surface area contributed by atoms with Crippen molar-refractivity contribution in [2.75, 3.05) is 0 Å². The highest BCUT2D eigenvalue weighted by atomic mass is 32.2. The van der Waals surface area contributed by atoms with Gasteiger partial charge >= 0.3 is 32.9 Å². The van der Waals surface area contributed by atoms with Gasteiger partial charge in [-0.2, -0.15) is 47.9 Å². The molecule has 0 bridgehead atoms. The zero-order chi connectivity index (χ0) is 24.7. The molecular weight excluding hydrogens is 497 g/mol. The minimum atomic E-state index is -7.69. The fraction of sp³-hybridized carbons (Fsp3) is 0.571. The van der Waals surface area contributed by atoms with Crippen molar-refractivity contribution in [3.8, 4) is 5.75 Å². The van der Waals surface area contributed by atoms with Crippen molar-refractivity contribution in [3.63, 3.8) is 0 Å². The summed E-state index contributed by atoms with van der Waals surface area (Å²) in [5.41, 5.74) is 0.538. The minimum absolute atomic E-state index is 0.0993. The second-order valence-corrected chi connectivity index (χ2v) is 9.29. The third-order valence-corrected chi connectivity index (χ3v) is 6.51. The minimum Gasteiger partial charge on any atom is -0.452 e. The molecule has 0 saturated heterocycles. The summed E-state index contributed by atoms with van der Waals surface area (Å²) in [6, 6.07) is 3.75. The Balaban J connectivity index is 3.35. The average Bonchev–Trinajstić information content (AvgIpc) is 2.58. The van der Waals surface area contributed by atoms with Crippen LogP contribution in [0.25, 0.3) is 4.72 Å². The first-order chi connectivity index (χ1) is 13.6. The molecule has 0 aliphatic carbocycles. The highest BCUT2D eigenvalue weighted by Gasteiger charge is 2.81. The van der Waals surface area contributed by atoms with E-state index in [1.807, 2.05) is 0 Å². The predicted molar refractivity (Wildman–Crippen MR) is 87.9 cm³/mol. The van der Waals surface area contributed by atoms with Gasteiger partial charge in [-0.25, -0.2) is 8.42 Å². The lowest BCUT2D eigenvalue weighted by molar-refractivity contribution is -0.245. The van der Waals surface area contributed by atoms with Crippen LogP contribution in [0.15, 0.2) is 24.3 Å². The van der Waals surface area contributed by atoms with Gasteiger partial charge in [-0.1, -0.05) is 26.0 Å². The van der Waals surface area contributed by atoms with E-state index in [0.29, 0.717) is 16.7 Å². The smallest absolute Gasteiger partial charge is 0.450 e. The van der Waals surface area contributed by atoms with Crippen molar-refractivity contribution in [1.82, 2.24) is 0 Å². The maximum atomic E-state index is 13.9. The van der Waals surface area contributed by atoms with E-state index in [0.717, 1.165) is 24.3 Å². The Bertz CT molecular complexity index is 990. The molecule has 0 heterocycles. The molecule has 0 aliphatic heterocycles. The number of alkyl halides is 9. The number of nitrogens with zero attached hydrogens (tertiary/aromatic N) is 1. The Kier molecular flexibility index (Phi) is 7.31. The van der Waals surface area contributed by atoms with Gasteiger partial charge in [0.05, 0.1) is 0 Å². The molecule has 0 aliphatic rings. The zero-order valence-electron chi connectivity index (χ0n) is 15.3. The van der Waals surface area contributed by atoms with Gasteiger partial charge in [0, 0.05) is 0 Å². The van der Waals surface area contributed by atoms with Crippen LogP contribution in [0.1, 0.15) is 31.7 Å². The summed E-state index contributed by atoms with van der Waals surface area (Å²) in [6.07, 6.45) is -5.78. The monoisotopic (exact) mass is 510 g/mol. The number of benzene rings is 1. The van der Waals surface area contributed by atoms with E-state index in [2.05, 4.69) is 4.18 Å². The molecule has 1 atom stereocenters. The molecule has 1 rings (SSSR count). The lowest BCUT2D eigenvalue weighted by Crippen LogP contribution is -2.61. The average molecular weight is 510 g/mol. The highest BCUT2D eigenvalue weighted by molar-refractivity contribution is 7.95. The maximum absolute atomic E-state index is 13.9. The molecule has 1 unspecified atom stereocenters. The maximum Gasteiger partial charge on any atom is 0.450 e. The summed E-state index contributed by atoms with van der Waals surface area (Å²) in [5, 5.41) is -14.3. The standard InChI is InChI=1S/C14H13F9NO5S2/c1-3-8(2)9-4-6-10(7-5-9)29-31(27,28)13(19,20)11(15,16)12(17,18)30(25,26)24-14(21,22)23/h4-8H,3H2,1-2H3/q-1. The number of sulfonamides is 1. The van der Waals surface area contributed by atoms with Gasteiger partial charge in [0.25, 0.3) is 0 Å². The normalized spacial score (nSPS) is 15.6. The number of halogens is 9. The fourth-order valence-corrected chi connectivity index (χ4v) is 3.76. The lowest BCUT2D eigenvalue weighted by atomic mass is 9.99. The Hall–Kier alpha value is -1.75. The summed E-state index contributed by atoms with van der Waals surface area (Å²) in [6.45, 7) is 3.48. The number of hydrogen-bond donors (Lipinski definition) is 0. The Labute approximate surface area is 170 Å². The first-order valence-corrected chi connectivity index (χ1v) is 10.7. The Morgan fingerprint density at radius 3 is 1.71 bits per heavy atom. The van der Waals surface area contributed by atoms with E-state index in [1.165, 1.54) is 0 Å². The van der Waals surface area contributed by atoms with E-state index in [-0.39, 0.29) is 5.92 Å². The molecule has 0 fully saturated rings. The second kappa shape index (κ2) is 8.31. The molecule has 0 N–H and O–H groups in total. The van der Waals surface area contributed by atoms with Crippen molar-refractivity contribution in [2.45, 2.75) is 48.9 Å². The van der Waals surface area contributed by atoms with E-state index < -0.39 is 48.6 Å². The van der Waals surface area contributed by atoms with Crippen molar-refractivity contribution < 1.29 is 60.5 Å². The van der Waals surface area contributed by atoms with Crippen LogP contribution in [0.4, 0.5) is 39.5 Å². The molecule has 17 heteroatoms. The Morgan fingerprint density at radius 1 is 0.871 bits per heavy atom. The fourth-order valence-electron chi connectivity index (χ4n) is 1.95. The first kappa shape index (κ1) is 27.3. The molecule has 0 radical (unpaired) electrons. The summed E-state index contributed by atoms with van der Waals surface area (Å²) in [5.74, 6) is -8.55. The zero-order valence-corrected chi connectivity index (χ0v) is 16.9. The largest absolute Gasteiger partial charge is 0.452 e. The molecule has 0 amide bonds. The van der Waals surface area contributed by atoms with Crippen LogP contribution in [0.5, 0.6) is 5.75 Å². The van der Waals surface area contributed by atoms with Crippen molar-refractivity contribution >= 4 is 20.1 Å². The van der Waals surface area contributed by atoms with Gasteiger partial charge in [0.1, 0.15) is 5.75 Å². The predicted octanol–water partition coefficient (Wildman–Crippen LogP) is 4.95. The second-order valence-electron chi connectivity index (χ2n) is 6.06. The van der Waals surface area contributed by atoms with Gasteiger partial charge in [-0.15, -0.1) is 0 Å². The van der Waals surface area contributed by atoms with Crippen molar-refractivity contribution in [1.29, 1.82) is 0 Å². The first-order valence-electron chi connectivity index (χ1n) is 7.86.